The van der Waals surface area contributed by atoms with Gasteiger partial charge in [-0.3, -0.25) is 0 Å². The zero-order valence-electron chi connectivity index (χ0n) is 9.29. The van der Waals surface area contributed by atoms with Crippen LogP contribution < -0.4 is 0 Å². The molecule has 88 valence electrons. The summed E-state index contributed by atoms with van der Waals surface area (Å²) in [5, 5.41) is 8.43. The fraction of sp³-hybridized carbons (Fsp3) is 0.556. The summed E-state index contributed by atoms with van der Waals surface area (Å²) in [6, 6.07) is 1.91. The molecule has 0 N–H and O–H groups in total. The Morgan fingerprint density at radius 2 is 2.31 bits per heavy atom. The molecule has 0 saturated carbocycles. The van der Waals surface area contributed by atoms with Crippen molar-refractivity contribution in [3.8, 4) is 6.07 Å². The van der Waals surface area contributed by atoms with Crippen LogP contribution in [0.2, 0.25) is 0 Å². The molecule has 1 aromatic heterocycles. The van der Waals surface area contributed by atoms with Gasteiger partial charge < -0.3 is 4.57 Å². The molecule has 0 aromatic carbocycles. The van der Waals surface area contributed by atoms with Crippen molar-refractivity contribution in [1.29, 1.82) is 5.26 Å². The lowest BCUT2D eigenvalue weighted by molar-refractivity contribution is 0.474. The van der Waals surface area contributed by atoms with E-state index >= 15 is 0 Å². The van der Waals surface area contributed by atoms with Crippen LogP contribution in [0.4, 0.5) is 0 Å². The molecular formula is C9H14N4O2S. The lowest BCUT2D eigenvalue weighted by atomic mass is 10.5. The molecule has 0 bridgehead atoms. The first-order valence-corrected chi connectivity index (χ1v) is 6.31. The van der Waals surface area contributed by atoms with Gasteiger partial charge in [0.2, 0.25) is 0 Å². The van der Waals surface area contributed by atoms with E-state index in [9.17, 15) is 8.42 Å². The Bertz CT molecular complexity index is 486. The minimum absolute atomic E-state index is 0.0230. The molecule has 1 aromatic rings. The number of hydrogen-bond donors (Lipinski definition) is 0. The average Bonchev–Trinajstić information content (AvgIpc) is 2.74. The molecule has 6 nitrogen and oxygen atoms in total. The topological polar surface area (TPSA) is 79.0 Å². The van der Waals surface area contributed by atoms with E-state index in [2.05, 4.69) is 4.98 Å². The summed E-state index contributed by atoms with van der Waals surface area (Å²) >= 11 is 0. The predicted octanol–water partition coefficient (Wildman–Crippen LogP) is 0.437. The van der Waals surface area contributed by atoms with Gasteiger partial charge in [0.15, 0.2) is 5.03 Å². The van der Waals surface area contributed by atoms with Gasteiger partial charge in [-0.25, -0.2) is 13.4 Å². The molecule has 0 radical (unpaired) electrons. The van der Waals surface area contributed by atoms with Crippen LogP contribution in [0.1, 0.15) is 13.3 Å². The number of imidazole rings is 1. The van der Waals surface area contributed by atoms with Crippen molar-refractivity contribution >= 4 is 10.0 Å². The second kappa shape index (κ2) is 5.09. The van der Waals surface area contributed by atoms with Gasteiger partial charge in [0.25, 0.3) is 10.0 Å². The van der Waals surface area contributed by atoms with E-state index in [1.54, 1.807) is 4.57 Å². The second-order valence-corrected chi connectivity index (χ2v) is 5.27. The van der Waals surface area contributed by atoms with Crippen molar-refractivity contribution in [1.82, 2.24) is 13.9 Å². The Kier molecular flexibility index (Phi) is 4.04. The molecule has 7 heteroatoms. The minimum Gasteiger partial charge on any atom is -0.336 e. The number of rotatable bonds is 5. The van der Waals surface area contributed by atoms with Crippen LogP contribution in [0, 0.1) is 11.3 Å². The summed E-state index contributed by atoms with van der Waals surface area (Å²) in [6.45, 7) is 2.75. The van der Waals surface area contributed by atoms with Gasteiger partial charge in [-0.15, -0.1) is 0 Å². The Labute approximate surface area is 95.2 Å². The minimum atomic E-state index is -3.55. The van der Waals surface area contributed by atoms with Crippen molar-refractivity contribution in [2.75, 3.05) is 13.6 Å². The van der Waals surface area contributed by atoms with Crippen molar-refractivity contribution < 1.29 is 8.42 Å². The van der Waals surface area contributed by atoms with E-state index in [4.69, 9.17) is 5.26 Å². The highest BCUT2D eigenvalue weighted by Gasteiger charge is 2.22. The first kappa shape index (κ1) is 12.7. The molecule has 0 aliphatic rings. The number of nitriles is 1. The molecule has 0 unspecified atom stereocenters. The predicted molar refractivity (Wildman–Crippen MR) is 57.9 cm³/mol. The van der Waals surface area contributed by atoms with Crippen LogP contribution in [0.15, 0.2) is 17.6 Å². The third-order valence-corrected chi connectivity index (χ3v) is 3.93. The van der Waals surface area contributed by atoms with E-state index in [-0.39, 0.29) is 18.0 Å². The largest absolute Gasteiger partial charge is 0.336 e. The monoisotopic (exact) mass is 242 g/mol. The van der Waals surface area contributed by atoms with E-state index < -0.39 is 10.0 Å². The first-order valence-electron chi connectivity index (χ1n) is 4.87. The number of hydrogen-bond acceptors (Lipinski definition) is 4. The molecule has 1 rings (SSSR count). The van der Waals surface area contributed by atoms with E-state index in [0.717, 1.165) is 4.31 Å². The number of sulfonamides is 1. The van der Waals surface area contributed by atoms with E-state index in [1.165, 1.54) is 19.6 Å². The summed E-state index contributed by atoms with van der Waals surface area (Å²) in [5.41, 5.74) is 0. The highest BCUT2D eigenvalue weighted by molar-refractivity contribution is 7.89. The molecule has 0 saturated heterocycles. The zero-order chi connectivity index (χ0) is 12.2. The molecule has 0 fully saturated rings. The Balaban J connectivity index is 2.89. The second-order valence-electron chi connectivity index (χ2n) is 3.28. The molecule has 16 heavy (non-hydrogen) atoms. The maximum Gasteiger partial charge on any atom is 0.261 e. The summed E-state index contributed by atoms with van der Waals surface area (Å²) in [6.07, 6.45) is 3.13. The molecule has 0 aliphatic heterocycles. The van der Waals surface area contributed by atoms with Gasteiger partial charge in [0.1, 0.15) is 0 Å². The van der Waals surface area contributed by atoms with Crippen molar-refractivity contribution in [2.45, 2.75) is 24.9 Å². The van der Waals surface area contributed by atoms with E-state index in [1.807, 2.05) is 13.0 Å². The number of nitrogens with zero attached hydrogens (tertiary/aromatic N) is 4. The molecule has 0 atom stereocenters. The van der Waals surface area contributed by atoms with Crippen molar-refractivity contribution in [3.05, 3.63) is 12.5 Å². The lowest BCUT2D eigenvalue weighted by Crippen LogP contribution is -2.28. The van der Waals surface area contributed by atoms with Crippen LogP contribution in [0.25, 0.3) is 0 Å². The maximum atomic E-state index is 11.9. The zero-order valence-corrected chi connectivity index (χ0v) is 10.1. The van der Waals surface area contributed by atoms with Crippen LogP contribution in [-0.4, -0.2) is 35.9 Å². The standard InChI is InChI=1S/C9H14N4O2S/c1-3-13-7-9(11-8-13)16(14,15)12(2)6-4-5-10/h7-8H,3-4,6H2,1-2H3. The van der Waals surface area contributed by atoms with Crippen molar-refractivity contribution in [3.63, 3.8) is 0 Å². The van der Waals surface area contributed by atoms with Crippen LogP contribution in [-0.2, 0) is 16.6 Å². The normalized spacial score (nSPS) is 11.6. The molecule has 0 amide bonds. The molecule has 0 spiro atoms. The van der Waals surface area contributed by atoms with Gasteiger partial charge >= 0.3 is 0 Å². The third kappa shape index (κ3) is 2.59. The van der Waals surface area contributed by atoms with Gasteiger partial charge in [0, 0.05) is 32.8 Å². The SMILES string of the molecule is CCn1cnc(S(=O)(=O)N(C)CCC#N)c1. The summed E-state index contributed by atoms with van der Waals surface area (Å²) in [7, 11) is -2.11. The summed E-state index contributed by atoms with van der Waals surface area (Å²) in [4.78, 5) is 3.84. The number of aryl methyl sites for hydroxylation is 1. The van der Waals surface area contributed by atoms with Crippen molar-refractivity contribution in [2.24, 2.45) is 0 Å². The maximum absolute atomic E-state index is 11.9. The smallest absolute Gasteiger partial charge is 0.261 e. The molecule has 1 heterocycles. The Morgan fingerprint density at radius 1 is 1.62 bits per heavy atom. The third-order valence-electron chi connectivity index (χ3n) is 2.19. The summed E-state index contributed by atoms with van der Waals surface area (Å²) in [5.74, 6) is 0. The van der Waals surface area contributed by atoms with Crippen LogP contribution in [0.5, 0.6) is 0 Å². The van der Waals surface area contributed by atoms with E-state index in [0.29, 0.717) is 6.54 Å². The molecule has 0 aliphatic carbocycles. The average molecular weight is 242 g/mol. The number of aromatic nitrogens is 2. The van der Waals surface area contributed by atoms with Gasteiger partial charge in [-0.05, 0) is 6.92 Å². The quantitative estimate of drug-likeness (QED) is 0.750. The fourth-order valence-electron chi connectivity index (χ4n) is 1.13. The van der Waals surface area contributed by atoms with Gasteiger partial charge in [-0.1, -0.05) is 0 Å². The first-order chi connectivity index (χ1) is 7.52. The highest BCUT2D eigenvalue weighted by atomic mass is 32.2. The Morgan fingerprint density at radius 3 is 2.81 bits per heavy atom. The highest BCUT2D eigenvalue weighted by Crippen LogP contribution is 2.11. The van der Waals surface area contributed by atoms with Gasteiger partial charge in [0.05, 0.1) is 12.4 Å². The fourth-order valence-corrected chi connectivity index (χ4v) is 2.23. The van der Waals surface area contributed by atoms with Crippen LogP contribution in [0.3, 0.4) is 0 Å². The van der Waals surface area contributed by atoms with Gasteiger partial charge in [-0.2, -0.15) is 9.57 Å². The lowest BCUT2D eigenvalue weighted by Gasteiger charge is -2.13. The van der Waals surface area contributed by atoms with Crippen LogP contribution >= 0.6 is 0 Å². The summed E-state index contributed by atoms with van der Waals surface area (Å²) < 4.78 is 26.6. The molecular weight excluding hydrogens is 228 g/mol. The Hall–Kier alpha value is -1.39.